The average Bonchev–Trinajstić information content (AvgIpc) is 3.24. The van der Waals surface area contributed by atoms with Gasteiger partial charge in [-0.15, -0.1) is 0 Å². The molecule has 0 saturated carbocycles. The maximum absolute atomic E-state index is 10.9. The molecule has 0 bridgehead atoms. The van der Waals surface area contributed by atoms with Crippen LogP contribution in [0.15, 0.2) is 40.8 Å². The van der Waals surface area contributed by atoms with E-state index in [0.717, 1.165) is 44.0 Å². The number of rotatable bonds is 4. The molecule has 2 fully saturated rings. The Morgan fingerprint density at radius 1 is 1.20 bits per heavy atom. The molecule has 2 saturated heterocycles. The van der Waals surface area contributed by atoms with Crippen LogP contribution in [0.4, 0.5) is 5.69 Å². The number of likely N-dealkylation sites (tertiary alicyclic amines) is 1. The fourth-order valence-electron chi connectivity index (χ4n) is 4.14. The summed E-state index contributed by atoms with van der Waals surface area (Å²) in [6.07, 6.45) is 3.80. The summed E-state index contributed by atoms with van der Waals surface area (Å²) in [6.45, 7) is 5.33. The van der Waals surface area contributed by atoms with Crippen molar-refractivity contribution in [1.29, 1.82) is 0 Å². The lowest BCUT2D eigenvalue weighted by molar-refractivity contribution is -0.384. The lowest BCUT2D eigenvalue weighted by atomic mass is 9.78. The normalized spacial score (nSPS) is 20.2. The van der Waals surface area contributed by atoms with Crippen molar-refractivity contribution in [3.8, 4) is 11.3 Å². The van der Waals surface area contributed by atoms with E-state index in [-0.39, 0.29) is 10.6 Å². The number of furan rings is 1. The van der Waals surface area contributed by atoms with Crippen LogP contribution in [0.1, 0.15) is 25.0 Å². The highest BCUT2D eigenvalue weighted by molar-refractivity contribution is 5.61. The molecule has 0 amide bonds. The first-order valence-corrected chi connectivity index (χ1v) is 8.90. The quantitative estimate of drug-likeness (QED) is 0.681. The number of hydrogen-bond acceptors (Lipinski definition) is 5. The van der Waals surface area contributed by atoms with Crippen molar-refractivity contribution in [2.24, 2.45) is 5.41 Å². The van der Waals surface area contributed by atoms with Crippen LogP contribution in [0.5, 0.6) is 0 Å². The average molecular weight is 341 g/mol. The summed E-state index contributed by atoms with van der Waals surface area (Å²) in [6, 6.07) is 10.5. The Labute approximate surface area is 147 Å². The minimum absolute atomic E-state index is 0.0860. The van der Waals surface area contributed by atoms with Crippen LogP contribution < -0.4 is 5.32 Å². The van der Waals surface area contributed by atoms with Gasteiger partial charge in [-0.3, -0.25) is 15.0 Å². The highest BCUT2D eigenvalue weighted by Crippen LogP contribution is 2.39. The number of nitro groups is 1. The van der Waals surface area contributed by atoms with E-state index >= 15 is 0 Å². The van der Waals surface area contributed by atoms with Gasteiger partial charge in [0.2, 0.25) is 0 Å². The van der Waals surface area contributed by atoms with Crippen molar-refractivity contribution in [2.75, 3.05) is 26.2 Å². The lowest BCUT2D eigenvalue weighted by Crippen LogP contribution is -2.38. The minimum atomic E-state index is -0.379. The number of benzene rings is 1. The molecule has 3 heterocycles. The molecule has 0 unspecified atom stereocenters. The molecule has 132 valence electrons. The molecule has 1 N–H and O–H groups in total. The third-order valence-electron chi connectivity index (χ3n) is 5.56. The molecule has 0 aliphatic carbocycles. The molecule has 0 atom stereocenters. The van der Waals surface area contributed by atoms with Crippen LogP contribution >= 0.6 is 0 Å². The SMILES string of the molecule is O=[N+]([O-])c1cccc(-c2ccc(CN3CCC4(CCNCC4)C3)o2)c1. The van der Waals surface area contributed by atoms with Crippen molar-refractivity contribution >= 4 is 5.69 Å². The third kappa shape index (κ3) is 3.45. The van der Waals surface area contributed by atoms with Crippen molar-refractivity contribution in [3.63, 3.8) is 0 Å². The number of nitro benzene ring substituents is 1. The van der Waals surface area contributed by atoms with Crippen molar-refractivity contribution in [3.05, 3.63) is 52.3 Å². The smallest absolute Gasteiger partial charge is 0.270 e. The molecule has 1 spiro atoms. The van der Waals surface area contributed by atoms with Gasteiger partial charge < -0.3 is 9.73 Å². The summed E-state index contributed by atoms with van der Waals surface area (Å²) >= 11 is 0. The van der Waals surface area contributed by atoms with Gasteiger partial charge in [0, 0.05) is 24.2 Å². The van der Waals surface area contributed by atoms with Gasteiger partial charge in [0.15, 0.2) is 0 Å². The van der Waals surface area contributed by atoms with Crippen molar-refractivity contribution in [2.45, 2.75) is 25.8 Å². The summed E-state index contributed by atoms with van der Waals surface area (Å²) in [4.78, 5) is 13.0. The fourth-order valence-corrected chi connectivity index (χ4v) is 4.14. The highest BCUT2D eigenvalue weighted by Gasteiger charge is 2.38. The van der Waals surface area contributed by atoms with Gasteiger partial charge in [0.1, 0.15) is 11.5 Å². The van der Waals surface area contributed by atoms with Crippen LogP contribution in [0.25, 0.3) is 11.3 Å². The topological polar surface area (TPSA) is 71.6 Å². The van der Waals surface area contributed by atoms with Crippen LogP contribution in [-0.4, -0.2) is 36.0 Å². The van der Waals surface area contributed by atoms with Gasteiger partial charge in [0.05, 0.1) is 11.5 Å². The summed E-state index contributed by atoms with van der Waals surface area (Å²) in [7, 11) is 0. The Kier molecular flexibility index (Phi) is 4.31. The van der Waals surface area contributed by atoms with E-state index in [1.165, 1.54) is 25.3 Å². The molecule has 2 aliphatic heterocycles. The number of non-ortho nitro benzene ring substituents is 1. The molecule has 2 aliphatic rings. The Morgan fingerprint density at radius 3 is 2.84 bits per heavy atom. The van der Waals surface area contributed by atoms with E-state index in [4.69, 9.17) is 4.42 Å². The molecule has 4 rings (SSSR count). The van der Waals surface area contributed by atoms with Crippen molar-refractivity contribution < 1.29 is 9.34 Å². The van der Waals surface area contributed by atoms with E-state index < -0.39 is 0 Å². The Balaban J connectivity index is 1.44. The molecule has 25 heavy (non-hydrogen) atoms. The first-order valence-electron chi connectivity index (χ1n) is 8.90. The fraction of sp³-hybridized carbons (Fsp3) is 0.474. The molecule has 0 radical (unpaired) electrons. The number of nitrogens with one attached hydrogen (secondary N) is 1. The second-order valence-electron chi connectivity index (χ2n) is 7.28. The van der Waals surface area contributed by atoms with Gasteiger partial charge in [0.25, 0.3) is 5.69 Å². The number of nitrogens with zero attached hydrogens (tertiary/aromatic N) is 2. The van der Waals surface area contributed by atoms with Gasteiger partial charge in [-0.05, 0) is 56.4 Å². The van der Waals surface area contributed by atoms with Crippen molar-refractivity contribution in [1.82, 2.24) is 10.2 Å². The zero-order valence-electron chi connectivity index (χ0n) is 14.2. The molecular weight excluding hydrogens is 318 g/mol. The number of hydrogen-bond donors (Lipinski definition) is 1. The monoisotopic (exact) mass is 341 g/mol. The molecule has 1 aromatic carbocycles. The Morgan fingerprint density at radius 2 is 2.04 bits per heavy atom. The minimum Gasteiger partial charge on any atom is -0.460 e. The largest absolute Gasteiger partial charge is 0.460 e. The van der Waals surface area contributed by atoms with E-state index in [1.54, 1.807) is 12.1 Å². The Hall–Kier alpha value is -2.18. The highest BCUT2D eigenvalue weighted by atomic mass is 16.6. The van der Waals surface area contributed by atoms with Crippen LogP contribution in [0, 0.1) is 15.5 Å². The van der Waals surface area contributed by atoms with Crippen LogP contribution in [0.2, 0.25) is 0 Å². The van der Waals surface area contributed by atoms with Gasteiger partial charge in [-0.2, -0.15) is 0 Å². The zero-order chi connectivity index (χ0) is 17.3. The Bertz CT molecular complexity index is 765. The van der Waals surface area contributed by atoms with Crippen LogP contribution in [-0.2, 0) is 6.54 Å². The standard InChI is InChI=1S/C19H23N3O3/c23-22(24)16-3-1-2-15(12-16)18-5-4-17(25-18)13-21-11-8-19(14-21)6-9-20-10-7-19/h1-5,12,20H,6-11,13-14H2. The summed E-state index contributed by atoms with van der Waals surface area (Å²) < 4.78 is 5.97. The predicted octanol–water partition coefficient (Wildman–Crippen LogP) is 3.43. The molecule has 2 aromatic rings. The molecule has 6 heteroatoms. The summed E-state index contributed by atoms with van der Waals surface area (Å²) in [5.74, 6) is 1.61. The summed E-state index contributed by atoms with van der Waals surface area (Å²) in [5.41, 5.74) is 1.32. The van der Waals surface area contributed by atoms with Gasteiger partial charge >= 0.3 is 0 Å². The second kappa shape index (κ2) is 6.61. The van der Waals surface area contributed by atoms with Gasteiger partial charge in [-0.1, -0.05) is 12.1 Å². The molecule has 6 nitrogen and oxygen atoms in total. The molecular formula is C19H23N3O3. The van der Waals surface area contributed by atoms with Crippen LogP contribution in [0.3, 0.4) is 0 Å². The third-order valence-corrected chi connectivity index (χ3v) is 5.56. The number of piperidine rings is 1. The van der Waals surface area contributed by atoms with E-state index in [2.05, 4.69) is 10.2 Å². The maximum Gasteiger partial charge on any atom is 0.270 e. The first-order chi connectivity index (χ1) is 12.1. The van der Waals surface area contributed by atoms with E-state index in [0.29, 0.717) is 11.2 Å². The second-order valence-corrected chi connectivity index (χ2v) is 7.28. The zero-order valence-corrected chi connectivity index (χ0v) is 14.2. The first kappa shape index (κ1) is 16.3. The van der Waals surface area contributed by atoms with Gasteiger partial charge in [-0.25, -0.2) is 0 Å². The maximum atomic E-state index is 10.9. The van der Waals surface area contributed by atoms with E-state index in [9.17, 15) is 10.1 Å². The molecule has 1 aromatic heterocycles. The summed E-state index contributed by atoms with van der Waals surface area (Å²) in [5, 5.41) is 14.4. The van der Waals surface area contributed by atoms with E-state index in [1.807, 2.05) is 18.2 Å². The predicted molar refractivity (Wildman–Crippen MR) is 95.2 cm³/mol. The lowest BCUT2D eigenvalue weighted by Gasteiger charge is -2.33.